The number of anilines is 1. The molecule has 1 aromatic heterocycles. The van der Waals surface area contributed by atoms with E-state index in [-0.39, 0.29) is 35.1 Å². The number of alkyl halides is 3. The highest BCUT2D eigenvalue weighted by Gasteiger charge is 2.48. The smallest absolute Gasteiger partial charge is 0.487 e. The van der Waals surface area contributed by atoms with E-state index < -0.39 is 12.1 Å². The number of aromatic nitrogens is 1. The minimum atomic E-state index is -5.08. The second-order valence-corrected chi connectivity index (χ2v) is 8.95. The van der Waals surface area contributed by atoms with Crippen molar-refractivity contribution in [3.8, 4) is 11.8 Å². The summed E-state index contributed by atoms with van der Waals surface area (Å²) in [6, 6.07) is 4.57. The van der Waals surface area contributed by atoms with Gasteiger partial charge < -0.3 is 20.5 Å². The first-order valence-electron chi connectivity index (χ1n) is 10.7. The Kier molecular flexibility index (Phi) is 5.72. The molecule has 0 amide bonds. The van der Waals surface area contributed by atoms with Gasteiger partial charge in [0.05, 0.1) is 11.6 Å². The third-order valence-electron chi connectivity index (χ3n) is 6.62. The lowest BCUT2D eigenvalue weighted by Crippen LogP contribution is -2.35. The number of halogens is 4. The van der Waals surface area contributed by atoms with Gasteiger partial charge in [-0.25, -0.2) is 9.18 Å². The zero-order chi connectivity index (χ0) is 25.0. The molecular formula is C22H22F4N4O4. The highest BCUT2D eigenvalue weighted by atomic mass is 19.4. The van der Waals surface area contributed by atoms with Gasteiger partial charge in [-0.15, -0.1) is 0 Å². The van der Waals surface area contributed by atoms with Crippen LogP contribution in [-0.2, 0) is 4.79 Å². The Hall–Kier alpha value is -3.33. The van der Waals surface area contributed by atoms with Gasteiger partial charge >= 0.3 is 12.1 Å². The van der Waals surface area contributed by atoms with Crippen LogP contribution >= 0.6 is 0 Å². The van der Waals surface area contributed by atoms with Gasteiger partial charge in [0, 0.05) is 24.0 Å². The van der Waals surface area contributed by atoms with Crippen molar-refractivity contribution in [1.29, 1.82) is 5.26 Å². The van der Waals surface area contributed by atoms with Crippen LogP contribution in [0.1, 0.15) is 37.8 Å². The molecule has 1 saturated heterocycles. The number of nitrogens with two attached hydrogens (primary N) is 1. The lowest BCUT2D eigenvalue weighted by molar-refractivity contribution is -0.192. The van der Waals surface area contributed by atoms with Crippen molar-refractivity contribution in [1.82, 2.24) is 4.57 Å². The minimum absolute atomic E-state index is 0.0226. The molecule has 34 heavy (non-hydrogen) atoms. The standard InChI is InChI=1S/C20H21FN4O2.C2HF3O2/c1-11-10-27-18-16-12(6-13(8-22)19(26)25(11)16)7-15(21)17(18)24-5-2-14(9-24)20(23)3-4-20;3-2(4,5)1(6)7/h6-7,11,14H,2-5,9-10,23H2,1H3;(H,6,7)/t11-,14+;/m0./s1. The predicted octanol–water partition coefficient (Wildman–Crippen LogP) is 2.92. The predicted molar refractivity (Wildman–Crippen MR) is 113 cm³/mol. The maximum atomic E-state index is 15.1. The molecule has 2 aliphatic heterocycles. The Morgan fingerprint density at radius 1 is 1.35 bits per heavy atom. The number of hydrogen-bond acceptors (Lipinski definition) is 6. The number of carboxylic acid groups (broad SMARTS) is 1. The van der Waals surface area contributed by atoms with Gasteiger partial charge in [-0.3, -0.25) is 9.36 Å². The molecule has 12 heteroatoms. The van der Waals surface area contributed by atoms with Crippen LogP contribution in [0.2, 0.25) is 0 Å². The third-order valence-corrected chi connectivity index (χ3v) is 6.62. The summed E-state index contributed by atoms with van der Waals surface area (Å²) < 4.78 is 54.4. The van der Waals surface area contributed by atoms with Gasteiger partial charge in [-0.1, -0.05) is 0 Å². The summed E-state index contributed by atoms with van der Waals surface area (Å²) in [6.07, 6.45) is -2.09. The summed E-state index contributed by atoms with van der Waals surface area (Å²) in [6.45, 7) is 3.56. The number of rotatable bonds is 2. The molecule has 1 aliphatic carbocycles. The van der Waals surface area contributed by atoms with Crippen LogP contribution in [0.4, 0.5) is 23.2 Å². The normalized spacial score (nSPS) is 22.4. The SMILES string of the molecule is C[C@H]1COc2c(N3CC[C@@H](C4(N)CC4)C3)c(F)cc3cc(C#N)c(=O)n1c23.O=C(O)C(F)(F)F. The highest BCUT2D eigenvalue weighted by Crippen LogP contribution is 2.48. The topological polar surface area (TPSA) is 122 Å². The average Bonchev–Trinajstić information content (AvgIpc) is 3.31. The quantitative estimate of drug-likeness (QED) is 0.632. The van der Waals surface area contributed by atoms with E-state index in [2.05, 4.69) is 0 Å². The number of aliphatic carboxylic acids is 1. The van der Waals surface area contributed by atoms with Crippen LogP contribution in [0.5, 0.6) is 5.75 Å². The number of carboxylic acids is 1. The average molecular weight is 482 g/mol. The number of nitriles is 1. The number of carbonyl (C=O) groups is 1. The van der Waals surface area contributed by atoms with Crippen molar-refractivity contribution in [2.75, 3.05) is 24.6 Å². The number of pyridine rings is 1. The van der Waals surface area contributed by atoms with Crippen molar-refractivity contribution >= 4 is 22.6 Å². The van der Waals surface area contributed by atoms with Crippen LogP contribution in [0.25, 0.3) is 10.9 Å². The number of nitrogens with zero attached hydrogens (tertiary/aromatic N) is 3. The summed E-state index contributed by atoms with van der Waals surface area (Å²) in [5, 5.41) is 16.9. The van der Waals surface area contributed by atoms with E-state index in [0.717, 1.165) is 25.8 Å². The molecule has 1 aromatic carbocycles. The van der Waals surface area contributed by atoms with E-state index in [1.54, 1.807) is 4.57 Å². The fourth-order valence-corrected chi connectivity index (χ4v) is 4.63. The zero-order valence-corrected chi connectivity index (χ0v) is 18.2. The van der Waals surface area contributed by atoms with Crippen LogP contribution < -0.4 is 20.9 Å². The molecule has 2 aromatic rings. The summed E-state index contributed by atoms with van der Waals surface area (Å²) in [4.78, 5) is 23.6. The van der Waals surface area contributed by atoms with Crippen molar-refractivity contribution in [3.63, 3.8) is 0 Å². The first kappa shape index (κ1) is 23.8. The van der Waals surface area contributed by atoms with E-state index in [0.29, 0.717) is 34.8 Å². The van der Waals surface area contributed by atoms with Gasteiger partial charge in [-0.05, 0) is 44.2 Å². The molecule has 5 rings (SSSR count). The monoisotopic (exact) mass is 482 g/mol. The van der Waals surface area contributed by atoms with Crippen molar-refractivity contribution in [2.45, 2.75) is 43.9 Å². The molecule has 2 atom stereocenters. The van der Waals surface area contributed by atoms with Crippen LogP contribution in [-0.4, -0.2) is 47.1 Å². The second-order valence-electron chi connectivity index (χ2n) is 8.95. The van der Waals surface area contributed by atoms with Gasteiger partial charge in [0.25, 0.3) is 5.56 Å². The molecule has 3 N–H and O–H groups in total. The minimum Gasteiger partial charge on any atom is -0.487 e. The fourth-order valence-electron chi connectivity index (χ4n) is 4.63. The molecule has 182 valence electrons. The van der Waals surface area contributed by atoms with Crippen LogP contribution in [0.15, 0.2) is 16.9 Å². The van der Waals surface area contributed by atoms with E-state index in [1.165, 1.54) is 12.1 Å². The van der Waals surface area contributed by atoms with E-state index in [1.807, 2.05) is 17.9 Å². The Morgan fingerprint density at radius 3 is 2.56 bits per heavy atom. The Labute approximate surface area is 191 Å². The maximum absolute atomic E-state index is 15.1. The van der Waals surface area contributed by atoms with Crippen LogP contribution in [0.3, 0.4) is 0 Å². The van der Waals surface area contributed by atoms with E-state index in [4.69, 9.17) is 20.4 Å². The number of ether oxygens (including phenoxy) is 1. The molecule has 8 nitrogen and oxygen atoms in total. The number of hydrogen-bond donors (Lipinski definition) is 2. The Balaban J connectivity index is 0.000000344. The first-order valence-corrected chi connectivity index (χ1v) is 10.7. The van der Waals surface area contributed by atoms with Gasteiger partial charge in [0.15, 0.2) is 11.6 Å². The molecule has 0 spiro atoms. The molecule has 0 unspecified atom stereocenters. The van der Waals surface area contributed by atoms with E-state index >= 15 is 4.39 Å². The molecular weight excluding hydrogens is 460 g/mol. The molecule has 3 aliphatic rings. The van der Waals surface area contributed by atoms with Crippen molar-refractivity contribution < 1.29 is 32.2 Å². The fraction of sp³-hybridized carbons (Fsp3) is 0.500. The number of benzene rings is 1. The Bertz CT molecular complexity index is 1260. The van der Waals surface area contributed by atoms with Gasteiger partial charge in [0.2, 0.25) is 0 Å². The van der Waals surface area contributed by atoms with Crippen molar-refractivity contribution in [3.05, 3.63) is 33.9 Å². The lowest BCUT2D eigenvalue weighted by Gasteiger charge is -2.31. The van der Waals surface area contributed by atoms with Crippen molar-refractivity contribution in [2.24, 2.45) is 11.7 Å². The highest BCUT2D eigenvalue weighted by molar-refractivity contribution is 5.92. The lowest BCUT2D eigenvalue weighted by atomic mass is 9.97. The zero-order valence-electron chi connectivity index (χ0n) is 18.2. The molecule has 1 saturated carbocycles. The molecule has 2 fully saturated rings. The summed E-state index contributed by atoms with van der Waals surface area (Å²) in [7, 11) is 0. The molecule has 3 heterocycles. The Morgan fingerprint density at radius 2 is 2.00 bits per heavy atom. The largest absolute Gasteiger partial charge is 0.490 e. The van der Waals surface area contributed by atoms with Crippen LogP contribution in [0, 0.1) is 23.1 Å². The van der Waals surface area contributed by atoms with Gasteiger partial charge in [0.1, 0.15) is 23.9 Å². The molecule has 0 bridgehead atoms. The van der Waals surface area contributed by atoms with E-state index in [9.17, 15) is 23.2 Å². The maximum Gasteiger partial charge on any atom is 0.490 e. The van der Waals surface area contributed by atoms with Gasteiger partial charge in [-0.2, -0.15) is 18.4 Å². The summed E-state index contributed by atoms with van der Waals surface area (Å²) >= 11 is 0. The summed E-state index contributed by atoms with van der Waals surface area (Å²) in [5.74, 6) is -2.38. The second kappa shape index (κ2) is 8.16. The first-order chi connectivity index (χ1) is 15.9. The molecule has 0 radical (unpaired) electrons. The third kappa shape index (κ3) is 4.04. The summed E-state index contributed by atoms with van der Waals surface area (Å²) in [5.41, 5.74) is 6.93.